The zero-order chi connectivity index (χ0) is 17.3. The summed E-state index contributed by atoms with van der Waals surface area (Å²) in [5.41, 5.74) is 0.161. The average Bonchev–Trinajstić information content (AvgIpc) is 2.84. The van der Waals surface area contributed by atoms with Crippen molar-refractivity contribution in [3.05, 3.63) is 40.0 Å². The van der Waals surface area contributed by atoms with Crippen LogP contribution in [0, 0.1) is 0 Å². The molecule has 1 amide bonds. The van der Waals surface area contributed by atoms with Gasteiger partial charge in [0.05, 0.1) is 4.90 Å². The van der Waals surface area contributed by atoms with Crippen LogP contribution in [-0.4, -0.2) is 22.7 Å². The predicted molar refractivity (Wildman–Crippen MR) is 87.6 cm³/mol. The number of amides is 1. The van der Waals surface area contributed by atoms with E-state index < -0.39 is 26.0 Å². The van der Waals surface area contributed by atoms with Gasteiger partial charge in [-0.1, -0.05) is 11.6 Å². The molecule has 1 aromatic heterocycles. The fraction of sp³-hybridized carbons (Fsp3) is 0.0833. The fourth-order valence-electron chi connectivity index (χ4n) is 1.63. The van der Waals surface area contributed by atoms with Gasteiger partial charge in [-0.2, -0.15) is 0 Å². The Bertz CT molecular complexity index is 933. The Morgan fingerprint density at radius 1 is 1.04 bits per heavy atom. The number of nitrogens with one attached hydrogen (secondary N) is 2. The molecule has 2 N–H and O–H groups in total. The standard InChI is InChI=1S/C12H11ClN2O5S3/c1-8(16)14-22(17,18)10-4-2-9(3-5-10)15-23(19,20)11-6-7-21-12(11)13/h2-7,15H,1H3,(H,14,16). The molecule has 2 aromatic rings. The van der Waals surface area contributed by atoms with E-state index in [4.69, 9.17) is 11.6 Å². The number of sulfonamides is 2. The maximum atomic E-state index is 12.1. The van der Waals surface area contributed by atoms with E-state index in [0.29, 0.717) is 0 Å². The Hall–Kier alpha value is -1.62. The van der Waals surface area contributed by atoms with Crippen LogP contribution in [0.4, 0.5) is 5.69 Å². The Morgan fingerprint density at radius 3 is 2.13 bits per heavy atom. The maximum absolute atomic E-state index is 12.1. The van der Waals surface area contributed by atoms with Gasteiger partial charge in [0.2, 0.25) is 5.91 Å². The number of rotatable bonds is 5. The van der Waals surface area contributed by atoms with Gasteiger partial charge in [-0.15, -0.1) is 11.3 Å². The Kier molecular flexibility index (Phi) is 4.99. The number of hydrogen-bond acceptors (Lipinski definition) is 6. The van der Waals surface area contributed by atoms with Crippen molar-refractivity contribution in [2.75, 3.05) is 4.72 Å². The minimum absolute atomic E-state index is 0.0564. The van der Waals surface area contributed by atoms with E-state index in [0.717, 1.165) is 18.3 Å². The summed E-state index contributed by atoms with van der Waals surface area (Å²) >= 11 is 6.88. The lowest BCUT2D eigenvalue weighted by atomic mass is 10.3. The van der Waals surface area contributed by atoms with Crippen molar-refractivity contribution in [1.29, 1.82) is 0 Å². The molecule has 0 radical (unpaired) electrons. The van der Waals surface area contributed by atoms with Crippen LogP contribution < -0.4 is 9.44 Å². The minimum atomic E-state index is -3.97. The molecule has 7 nitrogen and oxygen atoms in total. The molecule has 1 heterocycles. The molecule has 2 rings (SSSR count). The van der Waals surface area contributed by atoms with Crippen molar-refractivity contribution >= 4 is 54.6 Å². The largest absolute Gasteiger partial charge is 0.280 e. The lowest BCUT2D eigenvalue weighted by molar-refractivity contribution is -0.117. The molecule has 0 aliphatic rings. The normalized spacial score (nSPS) is 11.9. The van der Waals surface area contributed by atoms with Crippen LogP contribution >= 0.6 is 22.9 Å². The monoisotopic (exact) mass is 394 g/mol. The topological polar surface area (TPSA) is 109 Å². The minimum Gasteiger partial charge on any atom is -0.280 e. The van der Waals surface area contributed by atoms with Crippen LogP contribution in [0.2, 0.25) is 4.34 Å². The van der Waals surface area contributed by atoms with E-state index >= 15 is 0 Å². The van der Waals surface area contributed by atoms with Gasteiger partial charge >= 0.3 is 0 Å². The summed E-state index contributed by atoms with van der Waals surface area (Å²) in [4.78, 5) is 10.6. The lowest BCUT2D eigenvalue weighted by Crippen LogP contribution is -2.28. The van der Waals surface area contributed by atoms with Crippen LogP contribution in [0.3, 0.4) is 0 Å². The highest BCUT2D eigenvalue weighted by molar-refractivity contribution is 7.93. The van der Waals surface area contributed by atoms with Gasteiger partial charge in [0.1, 0.15) is 9.23 Å². The molecule has 0 unspecified atom stereocenters. The maximum Gasteiger partial charge on any atom is 0.264 e. The lowest BCUT2D eigenvalue weighted by Gasteiger charge is -2.09. The Labute approximate surface area is 142 Å². The van der Waals surface area contributed by atoms with Gasteiger partial charge < -0.3 is 0 Å². The van der Waals surface area contributed by atoms with E-state index in [1.807, 2.05) is 4.72 Å². The fourth-order valence-corrected chi connectivity index (χ4v) is 5.23. The van der Waals surface area contributed by atoms with Crippen LogP contribution in [0.1, 0.15) is 6.92 Å². The van der Waals surface area contributed by atoms with Crippen molar-refractivity contribution in [2.45, 2.75) is 16.7 Å². The van der Waals surface area contributed by atoms with E-state index in [2.05, 4.69) is 4.72 Å². The summed E-state index contributed by atoms with van der Waals surface area (Å²) in [5.74, 6) is -0.720. The summed E-state index contributed by atoms with van der Waals surface area (Å²) in [6.45, 7) is 1.07. The van der Waals surface area contributed by atoms with E-state index in [1.165, 1.54) is 30.3 Å². The molecule has 0 aliphatic heterocycles. The molecule has 0 bridgehead atoms. The van der Waals surface area contributed by atoms with Crippen molar-refractivity contribution in [3.63, 3.8) is 0 Å². The van der Waals surface area contributed by atoms with Gasteiger partial charge in [0, 0.05) is 12.6 Å². The van der Waals surface area contributed by atoms with E-state index in [1.54, 1.807) is 5.38 Å². The number of carbonyl (C=O) groups excluding carboxylic acids is 1. The smallest absolute Gasteiger partial charge is 0.264 e. The Balaban J connectivity index is 2.24. The van der Waals surface area contributed by atoms with Crippen molar-refractivity contribution < 1.29 is 21.6 Å². The highest BCUT2D eigenvalue weighted by atomic mass is 35.5. The SMILES string of the molecule is CC(=O)NS(=O)(=O)c1ccc(NS(=O)(=O)c2ccsc2Cl)cc1. The summed E-state index contributed by atoms with van der Waals surface area (Å²) in [5, 5.41) is 1.54. The molecule has 1 aromatic carbocycles. The first-order valence-electron chi connectivity index (χ1n) is 6.01. The second-order valence-electron chi connectivity index (χ2n) is 4.35. The van der Waals surface area contributed by atoms with Crippen LogP contribution in [0.5, 0.6) is 0 Å². The third kappa shape index (κ3) is 4.22. The number of hydrogen-bond donors (Lipinski definition) is 2. The number of benzene rings is 1. The van der Waals surface area contributed by atoms with Crippen molar-refractivity contribution in [2.24, 2.45) is 0 Å². The Morgan fingerprint density at radius 2 is 1.65 bits per heavy atom. The number of carbonyl (C=O) groups is 1. The van der Waals surface area contributed by atoms with Crippen LogP contribution in [0.15, 0.2) is 45.5 Å². The second kappa shape index (κ2) is 6.48. The van der Waals surface area contributed by atoms with Gasteiger partial charge in [0.15, 0.2) is 0 Å². The third-order valence-electron chi connectivity index (χ3n) is 2.57. The van der Waals surface area contributed by atoms with Crippen molar-refractivity contribution in [1.82, 2.24) is 4.72 Å². The first-order chi connectivity index (χ1) is 10.6. The molecule has 0 aliphatic carbocycles. The zero-order valence-corrected chi connectivity index (χ0v) is 14.8. The van der Waals surface area contributed by atoms with Crippen LogP contribution in [-0.2, 0) is 24.8 Å². The molecule has 23 heavy (non-hydrogen) atoms. The first-order valence-corrected chi connectivity index (χ1v) is 10.2. The van der Waals surface area contributed by atoms with Gasteiger partial charge in [0.25, 0.3) is 20.0 Å². The second-order valence-corrected chi connectivity index (χ2v) is 9.20. The number of halogens is 1. The van der Waals surface area contributed by atoms with E-state index in [-0.39, 0.29) is 19.8 Å². The molecular weight excluding hydrogens is 384 g/mol. The molecule has 0 fully saturated rings. The summed E-state index contributed by atoms with van der Waals surface area (Å²) in [6.07, 6.45) is 0. The highest BCUT2D eigenvalue weighted by Crippen LogP contribution is 2.28. The van der Waals surface area contributed by atoms with E-state index in [9.17, 15) is 21.6 Å². The third-order valence-corrected chi connectivity index (χ3v) is 6.85. The molecule has 0 saturated heterocycles. The van der Waals surface area contributed by atoms with Crippen LogP contribution in [0.25, 0.3) is 0 Å². The zero-order valence-electron chi connectivity index (χ0n) is 11.6. The average molecular weight is 395 g/mol. The highest BCUT2D eigenvalue weighted by Gasteiger charge is 2.20. The van der Waals surface area contributed by atoms with Gasteiger partial charge in [-0.25, -0.2) is 21.6 Å². The summed E-state index contributed by atoms with van der Waals surface area (Å²) in [6, 6.07) is 6.26. The summed E-state index contributed by atoms with van der Waals surface area (Å²) < 4.78 is 52.1. The molecule has 0 saturated carbocycles. The van der Waals surface area contributed by atoms with Gasteiger partial charge in [-0.3, -0.25) is 9.52 Å². The number of anilines is 1. The molecule has 11 heteroatoms. The van der Waals surface area contributed by atoms with Gasteiger partial charge in [-0.05, 0) is 35.7 Å². The molecule has 0 atom stereocenters. The quantitative estimate of drug-likeness (QED) is 0.806. The number of thiophene rings is 1. The van der Waals surface area contributed by atoms with Crippen molar-refractivity contribution in [3.8, 4) is 0 Å². The molecular formula is C12H11ClN2O5S3. The molecule has 0 spiro atoms. The predicted octanol–water partition coefficient (Wildman–Crippen LogP) is 2.03. The molecule has 124 valence electrons. The summed E-state index contributed by atoms with van der Waals surface area (Å²) in [7, 11) is -7.82. The first kappa shape index (κ1) is 17.7.